The molecule has 0 bridgehead atoms. The van der Waals surface area contributed by atoms with Crippen LogP contribution in [0.4, 0.5) is 0 Å². The highest BCUT2D eigenvalue weighted by Crippen LogP contribution is 2.31. The van der Waals surface area contributed by atoms with Crippen LogP contribution in [0.15, 0.2) is 14.6 Å². The maximum Gasteiger partial charge on any atom is 0.334 e. The third kappa shape index (κ3) is 3.62. The van der Waals surface area contributed by atoms with E-state index in [0.29, 0.717) is 0 Å². The molecule has 0 radical (unpaired) electrons. The highest BCUT2D eigenvalue weighted by molar-refractivity contribution is 5.82. The van der Waals surface area contributed by atoms with Gasteiger partial charge in [-0.05, 0) is 25.7 Å². The fourth-order valence-electron chi connectivity index (χ4n) is 4.28. The molecule has 0 amide bonds. The highest BCUT2D eigenvalue weighted by Gasteiger charge is 2.28. The van der Waals surface area contributed by atoms with Crippen molar-refractivity contribution in [3.05, 3.63) is 26.4 Å². The molecule has 140 valence electrons. The first-order chi connectivity index (χ1) is 12.6. The number of terminal acetylenes is 1. The largest absolute Gasteiger partial charge is 0.494 e. The van der Waals surface area contributed by atoms with E-state index in [9.17, 15) is 14.7 Å². The lowest BCUT2D eigenvalue weighted by Crippen LogP contribution is -2.45. The van der Waals surface area contributed by atoms with E-state index in [0.717, 1.165) is 64.2 Å². The van der Waals surface area contributed by atoms with Crippen LogP contribution in [0.25, 0.3) is 0 Å². The first-order valence-corrected chi connectivity index (χ1v) is 9.68. The van der Waals surface area contributed by atoms with Crippen LogP contribution in [0.1, 0.15) is 81.9 Å². The average Bonchev–Trinajstić information content (AvgIpc) is 2.66. The Morgan fingerprint density at radius 1 is 1.00 bits per heavy atom. The van der Waals surface area contributed by atoms with Gasteiger partial charge in [0.05, 0.1) is 6.54 Å². The van der Waals surface area contributed by atoms with Gasteiger partial charge in [0.25, 0.3) is 5.56 Å². The van der Waals surface area contributed by atoms with Crippen molar-refractivity contribution in [2.45, 2.75) is 76.3 Å². The number of rotatable bonds is 4. The zero-order chi connectivity index (χ0) is 18.5. The topological polar surface area (TPSA) is 76.6 Å². The Kier molecular flexibility index (Phi) is 5.97. The Morgan fingerprint density at radius 2 is 1.54 bits per heavy atom. The van der Waals surface area contributed by atoms with E-state index >= 15 is 0 Å². The molecule has 2 aliphatic rings. The summed E-state index contributed by atoms with van der Waals surface area (Å²) >= 11 is 0. The third-order valence-electron chi connectivity index (χ3n) is 5.61. The standard InChI is InChI=1S/C20H27N3O3/c1-2-13-21-14-17-18(24)22(15-9-5-3-6-10-15)20(26)23(19(17)25)16-11-7-4-8-12-16/h1,14-16,24H,3-13H2. The van der Waals surface area contributed by atoms with E-state index in [1.807, 2.05) is 0 Å². The fourth-order valence-corrected chi connectivity index (χ4v) is 4.28. The molecule has 2 aliphatic carbocycles. The Hall–Kier alpha value is -2.29. The van der Waals surface area contributed by atoms with Crippen molar-refractivity contribution in [2.24, 2.45) is 4.99 Å². The number of aromatic hydroxyl groups is 1. The highest BCUT2D eigenvalue weighted by atomic mass is 16.3. The molecule has 0 aliphatic heterocycles. The van der Waals surface area contributed by atoms with Crippen LogP contribution in [0.3, 0.4) is 0 Å². The molecule has 1 aromatic heterocycles. The Bertz CT molecular complexity index is 816. The summed E-state index contributed by atoms with van der Waals surface area (Å²) in [6.45, 7) is 0.130. The number of hydrogen-bond donors (Lipinski definition) is 1. The molecule has 0 spiro atoms. The summed E-state index contributed by atoms with van der Waals surface area (Å²) < 4.78 is 2.80. The molecule has 0 atom stereocenters. The summed E-state index contributed by atoms with van der Waals surface area (Å²) in [5, 5.41) is 10.7. The molecule has 0 saturated heterocycles. The molecule has 1 heterocycles. The fraction of sp³-hybridized carbons (Fsp3) is 0.650. The van der Waals surface area contributed by atoms with E-state index < -0.39 is 5.56 Å². The molecule has 26 heavy (non-hydrogen) atoms. The minimum Gasteiger partial charge on any atom is -0.494 e. The predicted molar refractivity (Wildman–Crippen MR) is 102 cm³/mol. The van der Waals surface area contributed by atoms with Gasteiger partial charge in [-0.3, -0.25) is 18.9 Å². The first-order valence-electron chi connectivity index (χ1n) is 9.68. The van der Waals surface area contributed by atoms with Crippen LogP contribution < -0.4 is 11.2 Å². The maximum atomic E-state index is 13.2. The number of aromatic nitrogens is 2. The van der Waals surface area contributed by atoms with Gasteiger partial charge in [-0.2, -0.15) is 0 Å². The van der Waals surface area contributed by atoms with Gasteiger partial charge >= 0.3 is 5.69 Å². The van der Waals surface area contributed by atoms with Crippen molar-refractivity contribution in [3.63, 3.8) is 0 Å². The van der Waals surface area contributed by atoms with Crippen LogP contribution in [0, 0.1) is 12.3 Å². The molecule has 1 N–H and O–H groups in total. The molecular weight excluding hydrogens is 330 g/mol. The number of aliphatic imine (C=N–C) groups is 1. The SMILES string of the molecule is C#CCN=Cc1c(O)n(C2CCCCC2)c(=O)n(C2CCCCC2)c1=O. The number of nitrogens with zero attached hydrogens (tertiary/aromatic N) is 3. The van der Waals surface area contributed by atoms with Crippen LogP contribution in [0.5, 0.6) is 5.88 Å². The lowest BCUT2D eigenvalue weighted by Gasteiger charge is -2.29. The monoisotopic (exact) mass is 357 g/mol. The van der Waals surface area contributed by atoms with Crippen molar-refractivity contribution in [1.29, 1.82) is 0 Å². The lowest BCUT2D eigenvalue weighted by molar-refractivity contribution is 0.271. The van der Waals surface area contributed by atoms with Crippen molar-refractivity contribution < 1.29 is 5.11 Å². The van der Waals surface area contributed by atoms with Crippen LogP contribution in [-0.2, 0) is 0 Å². The van der Waals surface area contributed by atoms with Crippen LogP contribution in [0.2, 0.25) is 0 Å². The van der Waals surface area contributed by atoms with Crippen molar-refractivity contribution in [3.8, 4) is 18.2 Å². The van der Waals surface area contributed by atoms with Gasteiger partial charge in [0.1, 0.15) is 5.56 Å². The quantitative estimate of drug-likeness (QED) is 0.665. The van der Waals surface area contributed by atoms with E-state index in [1.165, 1.54) is 15.3 Å². The zero-order valence-electron chi connectivity index (χ0n) is 15.2. The molecule has 6 nitrogen and oxygen atoms in total. The van der Waals surface area contributed by atoms with Crippen LogP contribution in [-0.4, -0.2) is 27.0 Å². The maximum absolute atomic E-state index is 13.2. The average molecular weight is 357 g/mol. The lowest BCUT2D eigenvalue weighted by atomic mass is 9.94. The van der Waals surface area contributed by atoms with E-state index in [4.69, 9.17) is 6.42 Å². The van der Waals surface area contributed by atoms with Gasteiger partial charge in [0.2, 0.25) is 5.88 Å². The molecule has 6 heteroatoms. The van der Waals surface area contributed by atoms with Gasteiger partial charge in [-0.15, -0.1) is 6.42 Å². The third-order valence-corrected chi connectivity index (χ3v) is 5.61. The molecular formula is C20H27N3O3. The van der Waals surface area contributed by atoms with E-state index in [2.05, 4.69) is 10.9 Å². The summed E-state index contributed by atoms with van der Waals surface area (Å²) in [5.41, 5.74) is -0.747. The van der Waals surface area contributed by atoms with Gasteiger partial charge in [0, 0.05) is 18.3 Å². The van der Waals surface area contributed by atoms with Gasteiger partial charge in [0.15, 0.2) is 0 Å². The first kappa shape index (κ1) is 18.5. The number of hydrogen-bond acceptors (Lipinski definition) is 4. The molecule has 1 aromatic rings. The Morgan fingerprint density at radius 3 is 2.08 bits per heavy atom. The summed E-state index contributed by atoms with van der Waals surface area (Å²) in [4.78, 5) is 30.2. The summed E-state index contributed by atoms with van der Waals surface area (Å²) in [6, 6.07) is -0.162. The Balaban J connectivity index is 2.16. The summed E-state index contributed by atoms with van der Waals surface area (Å²) in [5.74, 6) is 2.12. The van der Waals surface area contributed by atoms with Gasteiger partial charge in [-0.25, -0.2) is 4.79 Å². The molecule has 2 saturated carbocycles. The van der Waals surface area contributed by atoms with Gasteiger partial charge in [-0.1, -0.05) is 44.4 Å². The minimum absolute atomic E-state index is 0.0634. The molecule has 2 fully saturated rings. The van der Waals surface area contributed by atoms with Crippen molar-refractivity contribution in [1.82, 2.24) is 9.13 Å². The Labute approximate surface area is 153 Å². The normalized spacial score (nSPS) is 19.7. The van der Waals surface area contributed by atoms with E-state index in [-0.39, 0.29) is 35.8 Å². The summed E-state index contributed by atoms with van der Waals surface area (Å²) in [6.07, 6.45) is 16.3. The van der Waals surface area contributed by atoms with Crippen molar-refractivity contribution >= 4 is 6.21 Å². The minimum atomic E-state index is -0.452. The molecule has 0 aromatic carbocycles. The second kappa shape index (κ2) is 8.39. The second-order valence-corrected chi connectivity index (χ2v) is 7.32. The van der Waals surface area contributed by atoms with Crippen LogP contribution >= 0.6 is 0 Å². The zero-order valence-corrected chi connectivity index (χ0v) is 15.2. The molecule has 3 rings (SSSR count). The second-order valence-electron chi connectivity index (χ2n) is 7.32. The smallest absolute Gasteiger partial charge is 0.334 e. The van der Waals surface area contributed by atoms with Gasteiger partial charge < -0.3 is 5.11 Å². The summed E-state index contributed by atoms with van der Waals surface area (Å²) in [7, 11) is 0. The van der Waals surface area contributed by atoms with Crippen molar-refractivity contribution in [2.75, 3.05) is 6.54 Å². The van der Waals surface area contributed by atoms with E-state index in [1.54, 1.807) is 0 Å². The molecule has 0 unspecified atom stereocenters. The predicted octanol–water partition coefficient (Wildman–Crippen LogP) is 2.78.